The summed E-state index contributed by atoms with van der Waals surface area (Å²) in [4.78, 5) is 11.6. The molecule has 0 aliphatic rings. The lowest BCUT2D eigenvalue weighted by Crippen LogP contribution is -2.09. The maximum Gasteiger partial charge on any atom is 0.340 e. The van der Waals surface area contributed by atoms with Gasteiger partial charge in [0.15, 0.2) is 0 Å². The van der Waals surface area contributed by atoms with E-state index in [1.54, 1.807) is 24.3 Å². The van der Waals surface area contributed by atoms with Crippen molar-refractivity contribution >= 4 is 28.9 Å². The van der Waals surface area contributed by atoms with Crippen molar-refractivity contribution in [2.24, 2.45) is 0 Å². The number of hydrogen-bond donors (Lipinski definition) is 2. The molecule has 0 spiro atoms. The third-order valence-corrected chi connectivity index (χ3v) is 3.27. The number of rotatable bonds is 4. The van der Waals surface area contributed by atoms with E-state index < -0.39 is 11.8 Å². The quantitative estimate of drug-likeness (QED) is 0.670. The Morgan fingerprint density at radius 1 is 1.38 bits per heavy atom. The maximum atomic E-state index is 13.1. The highest BCUT2D eigenvalue weighted by Gasteiger charge is 2.12. The van der Waals surface area contributed by atoms with Gasteiger partial charge in [-0.3, -0.25) is 0 Å². The fourth-order valence-corrected chi connectivity index (χ4v) is 2.06. The Hall–Kier alpha value is -2.27. The Bertz CT molecular complexity index is 677. The summed E-state index contributed by atoms with van der Waals surface area (Å²) in [6.45, 7) is 0.398. The molecule has 6 heteroatoms. The molecule has 0 saturated carbocycles. The second-order valence-corrected chi connectivity index (χ2v) is 4.77. The first-order valence-corrected chi connectivity index (χ1v) is 6.55. The van der Waals surface area contributed by atoms with Crippen molar-refractivity contribution < 1.29 is 13.9 Å². The number of carbonyl (C=O) groups excluding carboxylic acids is 1. The number of anilines is 2. The van der Waals surface area contributed by atoms with Gasteiger partial charge in [-0.25, -0.2) is 9.18 Å². The molecule has 2 aromatic carbocycles. The lowest BCUT2D eigenvalue weighted by molar-refractivity contribution is 0.0602. The molecule has 2 rings (SSSR count). The molecule has 0 unspecified atom stereocenters. The normalized spacial score (nSPS) is 10.2. The minimum atomic E-state index is -0.499. The number of halogens is 2. The average Bonchev–Trinajstić information content (AvgIpc) is 2.49. The van der Waals surface area contributed by atoms with Gasteiger partial charge >= 0.3 is 5.97 Å². The van der Waals surface area contributed by atoms with Crippen molar-refractivity contribution in [1.29, 1.82) is 0 Å². The molecule has 0 bridgehead atoms. The Kier molecular flexibility index (Phi) is 4.65. The Balaban J connectivity index is 2.16. The van der Waals surface area contributed by atoms with Crippen molar-refractivity contribution in [1.82, 2.24) is 0 Å². The van der Waals surface area contributed by atoms with Gasteiger partial charge in [0.2, 0.25) is 0 Å². The smallest absolute Gasteiger partial charge is 0.340 e. The largest absolute Gasteiger partial charge is 0.465 e. The minimum absolute atomic E-state index is 0.0607. The molecule has 0 aliphatic heterocycles. The number of nitrogens with one attached hydrogen (secondary N) is 1. The molecule has 0 saturated heterocycles. The zero-order valence-corrected chi connectivity index (χ0v) is 12.1. The molecular weight excluding hydrogens is 295 g/mol. The predicted octanol–water partition coefficient (Wildman–Crippen LogP) is 3.46. The van der Waals surface area contributed by atoms with Crippen molar-refractivity contribution in [2.45, 2.75) is 6.54 Å². The highest BCUT2D eigenvalue weighted by atomic mass is 35.5. The van der Waals surface area contributed by atoms with Crippen LogP contribution in [0.15, 0.2) is 36.4 Å². The van der Waals surface area contributed by atoms with Crippen LogP contribution in [0.4, 0.5) is 15.8 Å². The van der Waals surface area contributed by atoms with Gasteiger partial charge in [-0.05, 0) is 29.8 Å². The van der Waals surface area contributed by atoms with Gasteiger partial charge in [0.25, 0.3) is 0 Å². The molecule has 21 heavy (non-hydrogen) atoms. The van der Waals surface area contributed by atoms with E-state index in [9.17, 15) is 9.18 Å². The van der Waals surface area contributed by atoms with Crippen LogP contribution in [0.1, 0.15) is 15.9 Å². The molecule has 4 nitrogen and oxygen atoms in total. The highest BCUT2D eigenvalue weighted by Crippen LogP contribution is 2.24. The first-order chi connectivity index (χ1) is 10.0. The van der Waals surface area contributed by atoms with Crippen LogP contribution in [0.2, 0.25) is 5.02 Å². The van der Waals surface area contributed by atoms with Gasteiger partial charge in [0, 0.05) is 6.54 Å². The molecule has 3 N–H and O–H groups in total. The summed E-state index contributed by atoms with van der Waals surface area (Å²) in [5, 5.41) is 3.14. The molecule has 0 aromatic heterocycles. The number of nitrogen functional groups attached to an aromatic ring is 1. The van der Waals surface area contributed by atoms with E-state index >= 15 is 0 Å². The second kappa shape index (κ2) is 6.45. The molecule has 0 heterocycles. The Morgan fingerprint density at radius 2 is 2.14 bits per heavy atom. The van der Waals surface area contributed by atoms with Gasteiger partial charge < -0.3 is 15.8 Å². The predicted molar refractivity (Wildman–Crippen MR) is 80.9 cm³/mol. The van der Waals surface area contributed by atoms with E-state index in [1.807, 2.05) is 0 Å². The van der Waals surface area contributed by atoms with Gasteiger partial charge in [0.1, 0.15) is 5.82 Å². The second-order valence-electron chi connectivity index (χ2n) is 4.36. The molecule has 0 fully saturated rings. The molecule has 0 aliphatic carbocycles. The monoisotopic (exact) mass is 308 g/mol. The summed E-state index contributed by atoms with van der Waals surface area (Å²) in [6, 6.07) is 9.48. The Morgan fingerprint density at radius 3 is 2.81 bits per heavy atom. The van der Waals surface area contributed by atoms with Crippen LogP contribution in [0, 0.1) is 5.82 Å². The number of nitrogens with two attached hydrogens (primary N) is 1. The number of carbonyl (C=O) groups is 1. The van der Waals surface area contributed by atoms with E-state index in [0.717, 1.165) is 5.56 Å². The summed E-state index contributed by atoms with van der Waals surface area (Å²) >= 11 is 5.72. The SMILES string of the molecule is COC(=O)c1cccc(NCc2ccc(F)c(Cl)c2)c1N. The number of esters is 1. The topological polar surface area (TPSA) is 64.3 Å². The lowest BCUT2D eigenvalue weighted by atomic mass is 10.1. The van der Waals surface area contributed by atoms with Crippen LogP contribution in [0.25, 0.3) is 0 Å². The van der Waals surface area contributed by atoms with E-state index in [-0.39, 0.29) is 5.02 Å². The first kappa shape index (κ1) is 15.1. The van der Waals surface area contributed by atoms with Crippen molar-refractivity contribution in [2.75, 3.05) is 18.2 Å². The summed E-state index contributed by atoms with van der Waals surface area (Å²) in [7, 11) is 1.29. The Labute approximate surface area is 126 Å². The summed E-state index contributed by atoms with van der Waals surface area (Å²) in [5.74, 6) is -0.964. The van der Waals surface area contributed by atoms with Gasteiger partial charge in [-0.2, -0.15) is 0 Å². The summed E-state index contributed by atoms with van der Waals surface area (Å²) < 4.78 is 17.7. The zero-order chi connectivity index (χ0) is 15.4. The third kappa shape index (κ3) is 3.44. The minimum Gasteiger partial charge on any atom is -0.465 e. The maximum absolute atomic E-state index is 13.1. The highest BCUT2D eigenvalue weighted by molar-refractivity contribution is 6.30. The fourth-order valence-electron chi connectivity index (χ4n) is 1.85. The zero-order valence-electron chi connectivity index (χ0n) is 11.3. The van der Waals surface area contributed by atoms with E-state index in [2.05, 4.69) is 10.1 Å². The summed E-state index contributed by atoms with van der Waals surface area (Å²) in [5.41, 5.74) is 7.91. The van der Waals surface area contributed by atoms with Crippen molar-refractivity contribution in [3.63, 3.8) is 0 Å². The van der Waals surface area contributed by atoms with Crippen LogP contribution in [-0.4, -0.2) is 13.1 Å². The van der Waals surface area contributed by atoms with Crippen molar-refractivity contribution in [3.05, 3.63) is 58.4 Å². The number of para-hydroxylation sites is 1. The third-order valence-electron chi connectivity index (χ3n) is 2.98. The molecule has 0 radical (unpaired) electrons. The molecule has 110 valence electrons. The average molecular weight is 309 g/mol. The van der Waals surface area contributed by atoms with E-state index in [4.69, 9.17) is 17.3 Å². The van der Waals surface area contributed by atoms with Crippen molar-refractivity contribution in [3.8, 4) is 0 Å². The van der Waals surface area contributed by atoms with Crippen LogP contribution < -0.4 is 11.1 Å². The van der Waals surface area contributed by atoms with Crippen LogP contribution in [0.5, 0.6) is 0 Å². The molecule has 2 aromatic rings. The van der Waals surface area contributed by atoms with Gasteiger partial charge in [-0.15, -0.1) is 0 Å². The van der Waals surface area contributed by atoms with Crippen LogP contribution in [0.3, 0.4) is 0 Å². The number of benzene rings is 2. The molecule has 0 atom stereocenters. The summed E-state index contributed by atoms with van der Waals surface area (Å²) in [6.07, 6.45) is 0. The molecular formula is C15H14ClFN2O2. The standard InChI is InChI=1S/C15H14ClFN2O2/c1-21-15(20)10-3-2-4-13(14(10)18)19-8-9-5-6-12(17)11(16)7-9/h2-7,19H,8,18H2,1H3. The van der Waals surface area contributed by atoms with Crippen LogP contribution in [-0.2, 0) is 11.3 Å². The molecule has 0 amide bonds. The van der Waals surface area contributed by atoms with E-state index in [1.165, 1.54) is 19.2 Å². The van der Waals surface area contributed by atoms with Gasteiger partial charge in [0.05, 0.1) is 29.1 Å². The number of methoxy groups -OCH3 is 1. The van der Waals surface area contributed by atoms with Gasteiger partial charge in [-0.1, -0.05) is 23.7 Å². The van der Waals surface area contributed by atoms with E-state index in [0.29, 0.717) is 23.5 Å². The fraction of sp³-hybridized carbons (Fsp3) is 0.133. The number of hydrogen-bond acceptors (Lipinski definition) is 4. The van der Waals surface area contributed by atoms with Crippen LogP contribution >= 0.6 is 11.6 Å². The lowest BCUT2D eigenvalue weighted by Gasteiger charge is -2.12. The number of ether oxygens (including phenoxy) is 1. The first-order valence-electron chi connectivity index (χ1n) is 6.17.